The average Bonchev–Trinajstić information content (AvgIpc) is 2.85. The second-order valence-corrected chi connectivity index (χ2v) is 9.71. The molecule has 1 fully saturated rings. The van der Waals surface area contributed by atoms with Gasteiger partial charge in [0.25, 0.3) is 10.0 Å². The van der Waals surface area contributed by atoms with Gasteiger partial charge in [0.15, 0.2) is 0 Å². The van der Waals surface area contributed by atoms with Gasteiger partial charge in [0.05, 0.1) is 31.7 Å². The van der Waals surface area contributed by atoms with E-state index in [1.165, 1.54) is 13.2 Å². The molecule has 1 saturated heterocycles. The summed E-state index contributed by atoms with van der Waals surface area (Å²) < 4.78 is 40.4. The molecule has 4 rings (SSSR count). The molecule has 1 amide bonds. The first-order chi connectivity index (χ1) is 16.0. The molecule has 2 aromatic rings. The SMILES string of the molecule is COc1ccccc1NS(=O)(=O)c1cc(NC(=O)C2CC=CCC2)ccc1N1CCOCC1. The number of hydrogen-bond acceptors (Lipinski definition) is 6. The van der Waals surface area contributed by atoms with Crippen molar-refractivity contribution in [3.05, 3.63) is 54.6 Å². The number of benzene rings is 2. The van der Waals surface area contributed by atoms with Gasteiger partial charge in [-0.1, -0.05) is 24.3 Å². The summed E-state index contributed by atoms with van der Waals surface area (Å²) in [6, 6.07) is 11.9. The standard InChI is InChI=1S/C24H29N3O5S/c1-31-22-10-6-5-9-20(22)26-33(29,30)23-17-19(25-24(28)18-7-3-2-4-8-18)11-12-21(23)27-13-15-32-16-14-27/h2-3,5-6,9-12,17-18,26H,4,7-8,13-16H2,1H3,(H,25,28). The van der Waals surface area contributed by atoms with Crippen LogP contribution in [0.2, 0.25) is 0 Å². The van der Waals surface area contributed by atoms with Crippen LogP contribution in [-0.2, 0) is 19.6 Å². The van der Waals surface area contributed by atoms with Gasteiger partial charge in [-0.2, -0.15) is 0 Å². The summed E-state index contributed by atoms with van der Waals surface area (Å²) in [4.78, 5) is 14.8. The van der Waals surface area contributed by atoms with Crippen LogP contribution in [0.3, 0.4) is 0 Å². The number of nitrogens with one attached hydrogen (secondary N) is 2. The molecule has 1 unspecified atom stereocenters. The number of allylic oxidation sites excluding steroid dienone is 2. The van der Waals surface area contributed by atoms with E-state index < -0.39 is 10.0 Å². The first-order valence-electron chi connectivity index (χ1n) is 11.1. The maximum Gasteiger partial charge on any atom is 0.264 e. The van der Waals surface area contributed by atoms with Gasteiger partial charge in [0.2, 0.25) is 5.91 Å². The van der Waals surface area contributed by atoms with Gasteiger partial charge in [-0.15, -0.1) is 0 Å². The number of carbonyl (C=O) groups is 1. The van der Waals surface area contributed by atoms with E-state index in [0.717, 1.165) is 12.8 Å². The van der Waals surface area contributed by atoms with Crippen LogP contribution in [0.15, 0.2) is 59.5 Å². The lowest BCUT2D eigenvalue weighted by molar-refractivity contribution is -0.120. The van der Waals surface area contributed by atoms with Crippen molar-refractivity contribution in [1.29, 1.82) is 0 Å². The molecule has 0 aromatic heterocycles. The third kappa shape index (κ3) is 5.48. The Kier molecular flexibility index (Phi) is 7.20. The van der Waals surface area contributed by atoms with Crippen LogP contribution in [0.5, 0.6) is 5.75 Å². The number of anilines is 3. The number of rotatable bonds is 7. The second-order valence-electron chi connectivity index (χ2n) is 8.06. The predicted molar refractivity (Wildman–Crippen MR) is 128 cm³/mol. The summed E-state index contributed by atoms with van der Waals surface area (Å²) in [5.41, 5.74) is 1.36. The van der Waals surface area contributed by atoms with Crippen LogP contribution in [0, 0.1) is 5.92 Å². The van der Waals surface area contributed by atoms with Crippen molar-refractivity contribution >= 4 is 33.0 Å². The molecule has 1 atom stereocenters. The van der Waals surface area contributed by atoms with Gasteiger partial charge in [0, 0.05) is 24.7 Å². The number of carbonyl (C=O) groups excluding carboxylic acids is 1. The van der Waals surface area contributed by atoms with E-state index in [0.29, 0.717) is 55.5 Å². The summed E-state index contributed by atoms with van der Waals surface area (Å²) >= 11 is 0. The fourth-order valence-corrected chi connectivity index (χ4v) is 5.40. The highest BCUT2D eigenvalue weighted by Gasteiger charge is 2.26. The maximum atomic E-state index is 13.5. The van der Waals surface area contributed by atoms with Crippen molar-refractivity contribution in [2.24, 2.45) is 5.92 Å². The molecular formula is C24H29N3O5S. The quantitative estimate of drug-likeness (QED) is 0.599. The zero-order valence-electron chi connectivity index (χ0n) is 18.6. The van der Waals surface area contributed by atoms with Crippen molar-refractivity contribution < 1.29 is 22.7 Å². The first kappa shape index (κ1) is 23.1. The molecule has 0 spiro atoms. The zero-order chi connectivity index (χ0) is 23.3. The van der Waals surface area contributed by atoms with E-state index in [-0.39, 0.29) is 16.7 Å². The molecule has 0 saturated carbocycles. The third-order valence-electron chi connectivity index (χ3n) is 5.86. The number of para-hydroxylation sites is 2. The van der Waals surface area contributed by atoms with E-state index in [4.69, 9.17) is 9.47 Å². The summed E-state index contributed by atoms with van der Waals surface area (Å²) in [6.45, 7) is 2.20. The highest BCUT2D eigenvalue weighted by Crippen LogP contribution is 2.33. The lowest BCUT2D eigenvalue weighted by Crippen LogP contribution is -2.37. The monoisotopic (exact) mass is 471 g/mol. The topological polar surface area (TPSA) is 97.0 Å². The van der Waals surface area contributed by atoms with Crippen LogP contribution >= 0.6 is 0 Å². The number of hydrogen-bond donors (Lipinski definition) is 2. The smallest absolute Gasteiger partial charge is 0.264 e. The molecule has 2 aromatic carbocycles. The first-order valence-corrected chi connectivity index (χ1v) is 12.5. The lowest BCUT2D eigenvalue weighted by atomic mass is 9.93. The minimum atomic E-state index is -3.98. The van der Waals surface area contributed by atoms with E-state index in [2.05, 4.69) is 16.1 Å². The molecule has 8 nitrogen and oxygen atoms in total. The summed E-state index contributed by atoms with van der Waals surface area (Å²) in [7, 11) is -2.50. The van der Waals surface area contributed by atoms with Gasteiger partial charge in [-0.3, -0.25) is 9.52 Å². The van der Waals surface area contributed by atoms with Gasteiger partial charge >= 0.3 is 0 Å². The Morgan fingerprint density at radius 3 is 2.64 bits per heavy atom. The lowest BCUT2D eigenvalue weighted by Gasteiger charge is -2.30. The summed E-state index contributed by atoms with van der Waals surface area (Å²) in [5.74, 6) is 0.212. The largest absolute Gasteiger partial charge is 0.495 e. The normalized spacial score (nSPS) is 18.6. The van der Waals surface area contributed by atoms with Gasteiger partial charge in [-0.25, -0.2) is 8.42 Å². The average molecular weight is 472 g/mol. The molecule has 2 N–H and O–H groups in total. The summed E-state index contributed by atoms with van der Waals surface area (Å²) in [6.07, 6.45) is 6.45. The molecule has 2 aliphatic rings. The van der Waals surface area contributed by atoms with Crippen LogP contribution in [-0.4, -0.2) is 47.7 Å². The fraction of sp³-hybridized carbons (Fsp3) is 0.375. The van der Waals surface area contributed by atoms with Crippen LogP contribution in [0.25, 0.3) is 0 Å². The Bertz CT molecular complexity index is 1130. The van der Waals surface area contributed by atoms with Crippen molar-refractivity contribution in [3.63, 3.8) is 0 Å². The van der Waals surface area contributed by atoms with Crippen molar-refractivity contribution in [1.82, 2.24) is 0 Å². The van der Waals surface area contributed by atoms with Crippen molar-refractivity contribution in [3.8, 4) is 5.75 Å². The minimum Gasteiger partial charge on any atom is -0.495 e. The highest BCUT2D eigenvalue weighted by molar-refractivity contribution is 7.93. The molecule has 1 aliphatic heterocycles. The van der Waals surface area contributed by atoms with Gasteiger partial charge < -0.3 is 19.7 Å². The Morgan fingerprint density at radius 1 is 1.12 bits per heavy atom. The van der Waals surface area contributed by atoms with Gasteiger partial charge in [-0.05, 0) is 49.6 Å². The predicted octanol–water partition coefficient (Wildman–Crippen LogP) is 3.63. The fourth-order valence-electron chi connectivity index (χ4n) is 4.08. The number of methoxy groups -OCH3 is 1. The molecule has 33 heavy (non-hydrogen) atoms. The van der Waals surface area contributed by atoms with E-state index in [9.17, 15) is 13.2 Å². The number of amides is 1. The van der Waals surface area contributed by atoms with Crippen LogP contribution in [0.4, 0.5) is 17.1 Å². The second kappa shape index (κ2) is 10.3. The molecule has 1 heterocycles. The Morgan fingerprint density at radius 2 is 1.91 bits per heavy atom. The molecule has 176 valence electrons. The van der Waals surface area contributed by atoms with Crippen molar-refractivity contribution in [2.75, 3.05) is 48.4 Å². The molecule has 9 heteroatoms. The van der Waals surface area contributed by atoms with E-state index in [1.807, 2.05) is 11.0 Å². The number of morpholine rings is 1. The summed E-state index contributed by atoms with van der Waals surface area (Å²) in [5, 5.41) is 2.91. The van der Waals surface area contributed by atoms with E-state index >= 15 is 0 Å². The highest BCUT2D eigenvalue weighted by atomic mass is 32.2. The van der Waals surface area contributed by atoms with Crippen LogP contribution < -0.4 is 19.7 Å². The van der Waals surface area contributed by atoms with E-state index in [1.54, 1.807) is 36.4 Å². The molecular weight excluding hydrogens is 442 g/mol. The minimum absolute atomic E-state index is 0.0941. The Hall–Kier alpha value is -3.04. The van der Waals surface area contributed by atoms with Crippen LogP contribution in [0.1, 0.15) is 19.3 Å². The Balaban J connectivity index is 1.67. The zero-order valence-corrected chi connectivity index (χ0v) is 19.4. The molecule has 0 bridgehead atoms. The number of ether oxygens (including phenoxy) is 2. The third-order valence-corrected chi connectivity index (χ3v) is 7.25. The number of sulfonamides is 1. The number of nitrogens with zero attached hydrogens (tertiary/aromatic N) is 1. The van der Waals surface area contributed by atoms with Crippen molar-refractivity contribution in [2.45, 2.75) is 24.2 Å². The maximum absolute atomic E-state index is 13.5. The van der Waals surface area contributed by atoms with Gasteiger partial charge in [0.1, 0.15) is 10.6 Å². The molecule has 1 aliphatic carbocycles. The molecule has 0 radical (unpaired) electrons. The Labute approximate surface area is 194 Å².